The zero-order valence-electron chi connectivity index (χ0n) is 9.65. The van der Waals surface area contributed by atoms with Gasteiger partial charge in [0.1, 0.15) is 5.82 Å². The second-order valence-corrected chi connectivity index (χ2v) is 3.69. The SMILES string of the molecule is COC(=O)CC(O)CNCc1ccc(F)cc1. The molecule has 0 aliphatic heterocycles. The van der Waals surface area contributed by atoms with Crippen LogP contribution in [-0.4, -0.2) is 30.8 Å². The van der Waals surface area contributed by atoms with Crippen molar-refractivity contribution in [2.45, 2.75) is 19.1 Å². The van der Waals surface area contributed by atoms with Gasteiger partial charge < -0.3 is 15.2 Å². The topological polar surface area (TPSA) is 58.6 Å². The average molecular weight is 241 g/mol. The summed E-state index contributed by atoms with van der Waals surface area (Å²) in [5.41, 5.74) is 0.914. The van der Waals surface area contributed by atoms with E-state index in [9.17, 15) is 14.3 Å². The van der Waals surface area contributed by atoms with Crippen molar-refractivity contribution < 1.29 is 19.0 Å². The average Bonchev–Trinajstić information content (AvgIpc) is 2.31. The summed E-state index contributed by atoms with van der Waals surface area (Å²) in [5.74, 6) is -0.722. The molecule has 1 rings (SSSR count). The van der Waals surface area contributed by atoms with Crippen molar-refractivity contribution in [1.29, 1.82) is 0 Å². The standard InChI is InChI=1S/C12H16FNO3/c1-17-12(16)6-11(15)8-14-7-9-2-4-10(13)5-3-9/h2-5,11,14-15H,6-8H2,1H3. The lowest BCUT2D eigenvalue weighted by Gasteiger charge is -2.10. The molecule has 0 saturated carbocycles. The molecule has 0 fully saturated rings. The molecule has 1 atom stereocenters. The van der Waals surface area contributed by atoms with Crippen LogP contribution in [0.2, 0.25) is 0 Å². The van der Waals surface area contributed by atoms with E-state index in [4.69, 9.17) is 0 Å². The van der Waals surface area contributed by atoms with Gasteiger partial charge in [-0.2, -0.15) is 0 Å². The molecule has 17 heavy (non-hydrogen) atoms. The van der Waals surface area contributed by atoms with E-state index >= 15 is 0 Å². The Morgan fingerprint density at radius 2 is 2.12 bits per heavy atom. The lowest BCUT2D eigenvalue weighted by atomic mass is 10.2. The van der Waals surface area contributed by atoms with Gasteiger partial charge in [0, 0.05) is 13.1 Å². The smallest absolute Gasteiger partial charge is 0.308 e. The summed E-state index contributed by atoms with van der Waals surface area (Å²) in [6.45, 7) is 0.797. The highest BCUT2D eigenvalue weighted by Gasteiger charge is 2.10. The van der Waals surface area contributed by atoms with E-state index in [2.05, 4.69) is 10.1 Å². The maximum absolute atomic E-state index is 12.6. The highest BCUT2D eigenvalue weighted by Crippen LogP contribution is 2.02. The number of halogens is 1. The van der Waals surface area contributed by atoms with Gasteiger partial charge in [0.2, 0.25) is 0 Å². The second-order valence-electron chi connectivity index (χ2n) is 3.69. The molecule has 0 aromatic heterocycles. The Hall–Kier alpha value is -1.46. The Bertz CT molecular complexity index is 353. The molecule has 0 aliphatic rings. The van der Waals surface area contributed by atoms with E-state index < -0.39 is 12.1 Å². The van der Waals surface area contributed by atoms with Crippen molar-refractivity contribution in [2.24, 2.45) is 0 Å². The van der Waals surface area contributed by atoms with E-state index in [1.54, 1.807) is 12.1 Å². The van der Waals surface area contributed by atoms with Crippen LogP contribution in [0.5, 0.6) is 0 Å². The molecular formula is C12H16FNO3. The monoisotopic (exact) mass is 241 g/mol. The molecule has 5 heteroatoms. The Kier molecular flexibility index (Phi) is 5.59. The summed E-state index contributed by atoms with van der Waals surface area (Å²) in [7, 11) is 1.28. The molecule has 0 aliphatic carbocycles. The fourth-order valence-electron chi connectivity index (χ4n) is 1.33. The van der Waals surface area contributed by atoms with Gasteiger partial charge in [-0.3, -0.25) is 4.79 Å². The first-order valence-corrected chi connectivity index (χ1v) is 5.32. The van der Waals surface area contributed by atoms with E-state index in [0.29, 0.717) is 6.54 Å². The lowest BCUT2D eigenvalue weighted by Crippen LogP contribution is -2.28. The van der Waals surface area contributed by atoms with Crippen LogP contribution in [-0.2, 0) is 16.1 Å². The molecule has 1 aromatic rings. The van der Waals surface area contributed by atoms with Crippen LogP contribution >= 0.6 is 0 Å². The number of methoxy groups -OCH3 is 1. The summed E-state index contributed by atoms with van der Waals surface area (Å²) in [4.78, 5) is 10.8. The molecular weight excluding hydrogens is 225 g/mol. The minimum absolute atomic E-state index is 0.0348. The van der Waals surface area contributed by atoms with Crippen LogP contribution in [0.15, 0.2) is 24.3 Å². The van der Waals surface area contributed by atoms with Crippen LogP contribution in [0, 0.1) is 5.82 Å². The molecule has 0 radical (unpaired) electrons. The number of aliphatic hydroxyl groups excluding tert-OH is 1. The quantitative estimate of drug-likeness (QED) is 0.725. The zero-order chi connectivity index (χ0) is 12.7. The predicted octanol–water partition coefficient (Wildman–Crippen LogP) is 0.839. The highest BCUT2D eigenvalue weighted by molar-refractivity contribution is 5.69. The van der Waals surface area contributed by atoms with Crippen molar-refractivity contribution in [1.82, 2.24) is 5.32 Å². The van der Waals surface area contributed by atoms with Gasteiger partial charge in [-0.25, -0.2) is 4.39 Å². The van der Waals surface area contributed by atoms with Crippen LogP contribution in [0.4, 0.5) is 4.39 Å². The van der Waals surface area contributed by atoms with Gasteiger partial charge in [-0.05, 0) is 17.7 Å². The summed E-state index contributed by atoms with van der Waals surface area (Å²) < 4.78 is 17.0. The van der Waals surface area contributed by atoms with E-state index in [1.807, 2.05) is 0 Å². The molecule has 94 valence electrons. The van der Waals surface area contributed by atoms with E-state index in [1.165, 1.54) is 19.2 Å². The third kappa shape index (κ3) is 5.42. The van der Waals surface area contributed by atoms with Crippen molar-refractivity contribution in [3.05, 3.63) is 35.6 Å². The van der Waals surface area contributed by atoms with Gasteiger partial charge in [0.25, 0.3) is 0 Å². The normalized spacial score (nSPS) is 12.2. The van der Waals surface area contributed by atoms with Crippen LogP contribution in [0.1, 0.15) is 12.0 Å². The minimum atomic E-state index is -0.775. The molecule has 0 amide bonds. The Morgan fingerprint density at radius 3 is 2.71 bits per heavy atom. The van der Waals surface area contributed by atoms with E-state index in [0.717, 1.165) is 5.56 Å². The molecule has 2 N–H and O–H groups in total. The van der Waals surface area contributed by atoms with Gasteiger partial charge in [0.05, 0.1) is 19.6 Å². The molecule has 1 aromatic carbocycles. The fourth-order valence-corrected chi connectivity index (χ4v) is 1.33. The van der Waals surface area contributed by atoms with Gasteiger partial charge >= 0.3 is 5.97 Å². The molecule has 0 heterocycles. The number of aliphatic hydroxyl groups is 1. The van der Waals surface area contributed by atoms with Crippen molar-refractivity contribution in [3.63, 3.8) is 0 Å². The first kappa shape index (κ1) is 13.6. The maximum Gasteiger partial charge on any atom is 0.308 e. The number of nitrogens with one attached hydrogen (secondary N) is 1. The molecule has 0 spiro atoms. The lowest BCUT2D eigenvalue weighted by molar-refractivity contribution is -0.142. The third-order valence-corrected chi connectivity index (χ3v) is 2.25. The number of carbonyl (C=O) groups excluding carboxylic acids is 1. The Balaban J connectivity index is 2.23. The van der Waals surface area contributed by atoms with Gasteiger partial charge in [0.15, 0.2) is 0 Å². The predicted molar refractivity (Wildman–Crippen MR) is 60.7 cm³/mol. The second kappa shape index (κ2) is 6.98. The third-order valence-electron chi connectivity index (χ3n) is 2.25. The zero-order valence-corrected chi connectivity index (χ0v) is 9.65. The summed E-state index contributed by atoms with van der Waals surface area (Å²) in [5, 5.41) is 12.4. The first-order valence-electron chi connectivity index (χ1n) is 5.32. The molecule has 1 unspecified atom stereocenters. The van der Waals surface area contributed by atoms with Crippen LogP contribution in [0.25, 0.3) is 0 Å². The molecule has 4 nitrogen and oxygen atoms in total. The summed E-state index contributed by atoms with van der Waals surface area (Å²) >= 11 is 0. The highest BCUT2D eigenvalue weighted by atomic mass is 19.1. The minimum Gasteiger partial charge on any atom is -0.469 e. The van der Waals surface area contributed by atoms with Gasteiger partial charge in [-0.1, -0.05) is 12.1 Å². The van der Waals surface area contributed by atoms with Crippen LogP contribution < -0.4 is 5.32 Å². The number of carbonyl (C=O) groups is 1. The number of hydrogen-bond donors (Lipinski definition) is 2. The number of esters is 1. The number of ether oxygens (including phenoxy) is 1. The first-order chi connectivity index (χ1) is 8.11. The number of benzene rings is 1. The Morgan fingerprint density at radius 1 is 1.47 bits per heavy atom. The Labute approximate surface area is 99.4 Å². The summed E-state index contributed by atoms with van der Waals surface area (Å²) in [6, 6.07) is 6.08. The summed E-state index contributed by atoms with van der Waals surface area (Å²) in [6.07, 6.45) is -0.810. The maximum atomic E-state index is 12.6. The molecule has 0 saturated heterocycles. The van der Waals surface area contributed by atoms with Crippen LogP contribution in [0.3, 0.4) is 0 Å². The fraction of sp³-hybridized carbons (Fsp3) is 0.417. The van der Waals surface area contributed by atoms with E-state index in [-0.39, 0.29) is 18.8 Å². The van der Waals surface area contributed by atoms with Crippen molar-refractivity contribution in [3.8, 4) is 0 Å². The number of hydrogen-bond acceptors (Lipinski definition) is 4. The molecule has 0 bridgehead atoms. The van der Waals surface area contributed by atoms with Crippen molar-refractivity contribution in [2.75, 3.05) is 13.7 Å². The largest absolute Gasteiger partial charge is 0.469 e. The number of rotatable bonds is 6. The van der Waals surface area contributed by atoms with Gasteiger partial charge in [-0.15, -0.1) is 0 Å². The van der Waals surface area contributed by atoms with Crippen molar-refractivity contribution >= 4 is 5.97 Å².